The van der Waals surface area contributed by atoms with Gasteiger partial charge in [-0.1, -0.05) is 18.2 Å². The van der Waals surface area contributed by atoms with Gasteiger partial charge >= 0.3 is 21.0 Å². The fourth-order valence-corrected chi connectivity index (χ4v) is 0.428. The van der Waals surface area contributed by atoms with E-state index in [1.54, 1.807) is 24.3 Å². The molecule has 0 bridgehead atoms. The Kier molecular flexibility index (Phi) is 19.7. The fraction of sp³-hybridized carbons (Fsp3) is 0. The van der Waals surface area contributed by atoms with Crippen molar-refractivity contribution < 1.29 is 26.1 Å². The third-order valence-electron chi connectivity index (χ3n) is 0.756. The molecule has 5 heteroatoms. The third-order valence-corrected chi connectivity index (χ3v) is 0.756. The van der Waals surface area contributed by atoms with Crippen molar-refractivity contribution in [2.75, 3.05) is 0 Å². The average Bonchev–Trinajstić information content (AvgIpc) is 1.94. The van der Waals surface area contributed by atoms with E-state index in [2.05, 4.69) is 0 Å². The molecule has 1 N–H and O–H groups in total. The van der Waals surface area contributed by atoms with E-state index >= 15 is 0 Å². The number of hydrogen-bond acceptors (Lipinski definition) is 2. The molecule has 0 saturated heterocycles. The van der Waals surface area contributed by atoms with Crippen LogP contribution >= 0.6 is 24.8 Å². The molecule has 2 nitrogen and oxygen atoms in total. The fourth-order valence-electron chi connectivity index (χ4n) is 0.428. The van der Waals surface area contributed by atoms with E-state index in [4.69, 9.17) is 8.78 Å². The molecule has 0 saturated carbocycles. The molecule has 0 aliphatic rings. The summed E-state index contributed by atoms with van der Waals surface area (Å²) in [5.41, 5.74) is 0. The van der Waals surface area contributed by atoms with Gasteiger partial charge in [0.05, 0.1) is 0 Å². The van der Waals surface area contributed by atoms with Gasteiger partial charge in [-0.2, -0.15) is 0 Å². The molecule has 11 heavy (non-hydrogen) atoms. The number of phenolic OH excluding ortho intramolecular Hbond substituents is 1. The van der Waals surface area contributed by atoms with Crippen LogP contribution < -0.4 is 0 Å². The summed E-state index contributed by atoms with van der Waals surface area (Å²) in [4.78, 5) is 0. The quantitative estimate of drug-likeness (QED) is 0.746. The SMILES string of the molecule is Cl.Cl.Oc1ccccc1.[O]=[V]. The Bertz CT molecular complexity index is 160. The van der Waals surface area contributed by atoms with Crippen molar-refractivity contribution in [1.82, 2.24) is 0 Å². The molecule has 0 amide bonds. The van der Waals surface area contributed by atoms with Crippen LogP contribution in [0.15, 0.2) is 30.3 Å². The number of halogens is 2. The molecule has 0 aliphatic heterocycles. The van der Waals surface area contributed by atoms with Crippen LogP contribution in [0, 0.1) is 0 Å². The Hall–Kier alpha value is -0.0156. The van der Waals surface area contributed by atoms with Crippen LogP contribution in [0.2, 0.25) is 0 Å². The summed E-state index contributed by atoms with van der Waals surface area (Å²) in [5, 5.41) is 8.63. The Morgan fingerprint density at radius 1 is 1.00 bits per heavy atom. The zero-order chi connectivity index (χ0) is 7.11. The zero-order valence-corrected chi connectivity index (χ0v) is 8.54. The van der Waals surface area contributed by atoms with E-state index in [0.29, 0.717) is 5.75 Å². The monoisotopic (exact) mass is 233 g/mol. The van der Waals surface area contributed by atoms with Crippen molar-refractivity contribution in [2.24, 2.45) is 0 Å². The number of phenols is 1. The van der Waals surface area contributed by atoms with Gasteiger partial charge in [0.15, 0.2) is 0 Å². The molecule has 0 fully saturated rings. The Labute approximate surface area is 87.0 Å². The van der Waals surface area contributed by atoms with Crippen LogP contribution in [0.1, 0.15) is 0 Å². The van der Waals surface area contributed by atoms with Crippen molar-refractivity contribution >= 4 is 24.8 Å². The van der Waals surface area contributed by atoms with Crippen LogP contribution in [0.4, 0.5) is 0 Å². The molecular weight excluding hydrogens is 226 g/mol. The summed E-state index contributed by atoms with van der Waals surface area (Å²) < 4.78 is 8.19. The molecule has 63 valence electrons. The molecule has 0 unspecified atom stereocenters. The van der Waals surface area contributed by atoms with E-state index in [1.807, 2.05) is 6.07 Å². The van der Waals surface area contributed by atoms with Gasteiger partial charge in [0.25, 0.3) is 0 Å². The van der Waals surface area contributed by atoms with Gasteiger partial charge in [-0.05, 0) is 12.1 Å². The van der Waals surface area contributed by atoms with E-state index in [9.17, 15) is 0 Å². The van der Waals surface area contributed by atoms with Crippen LogP contribution in [-0.4, -0.2) is 5.11 Å². The van der Waals surface area contributed by atoms with Gasteiger partial charge in [0, 0.05) is 0 Å². The number of benzene rings is 1. The molecule has 1 aromatic rings. The van der Waals surface area contributed by atoms with E-state index in [-0.39, 0.29) is 24.8 Å². The molecule has 0 radical (unpaired) electrons. The van der Waals surface area contributed by atoms with Gasteiger partial charge in [0.1, 0.15) is 5.75 Å². The predicted molar refractivity (Wildman–Crippen MR) is 43.3 cm³/mol. The van der Waals surface area contributed by atoms with Gasteiger partial charge < -0.3 is 5.11 Å². The molecule has 0 atom stereocenters. The number of aromatic hydroxyl groups is 1. The second kappa shape index (κ2) is 12.6. The molecular formula is C6H8Cl2O2V. The molecule has 0 aliphatic carbocycles. The molecule has 1 rings (SSSR count). The summed E-state index contributed by atoms with van der Waals surface area (Å²) in [6, 6.07) is 8.71. The minimum absolute atomic E-state index is 0. The molecule has 0 aromatic heterocycles. The van der Waals surface area contributed by atoms with Crippen LogP contribution in [0.25, 0.3) is 0 Å². The summed E-state index contributed by atoms with van der Waals surface area (Å²) in [6.45, 7) is 0. The topological polar surface area (TPSA) is 37.3 Å². The van der Waals surface area contributed by atoms with Crippen molar-refractivity contribution in [3.8, 4) is 5.75 Å². The average molecular weight is 234 g/mol. The Balaban J connectivity index is -0.000000149. The minimum atomic E-state index is 0. The van der Waals surface area contributed by atoms with Gasteiger partial charge in [0.2, 0.25) is 0 Å². The number of para-hydroxylation sites is 1. The van der Waals surface area contributed by atoms with Crippen molar-refractivity contribution in [3.63, 3.8) is 0 Å². The maximum atomic E-state index is 8.63. The van der Waals surface area contributed by atoms with Crippen molar-refractivity contribution in [2.45, 2.75) is 0 Å². The van der Waals surface area contributed by atoms with Gasteiger partial charge in [-0.15, -0.1) is 24.8 Å². The molecule has 0 heterocycles. The first kappa shape index (κ1) is 17.2. The summed E-state index contributed by atoms with van der Waals surface area (Å²) in [5.74, 6) is 0.322. The van der Waals surface area contributed by atoms with E-state index in [0.717, 1.165) is 17.4 Å². The zero-order valence-electron chi connectivity index (χ0n) is 5.51. The Morgan fingerprint density at radius 3 is 1.55 bits per heavy atom. The number of hydrogen-bond donors (Lipinski definition) is 1. The predicted octanol–water partition coefficient (Wildman–Crippen LogP) is 2.11. The second-order valence-electron chi connectivity index (χ2n) is 1.34. The van der Waals surface area contributed by atoms with Crippen LogP contribution in [0.5, 0.6) is 5.75 Å². The van der Waals surface area contributed by atoms with Gasteiger partial charge in [-0.25, -0.2) is 0 Å². The first-order valence-corrected chi connectivity index (χ1v) is 2.89. The number of rotatable bonds is 0. The first-order chi connectivity index (χ1) is 4.39. The van der Waals surface area contributed by atoms with Crippen LogP contribution in [0.3, 0.4) is 0 Å². The second-order valence-corrected chi connectivity index (χ2v) is 1.34. The van der Waals surface area contributed by atoms with Crippen LogP contribution in [-0.2, 0) is 21.0 Å². The van der Waals surface area contributed by atoms with Crippen molar-refractivity contribution in [3.05, 3.63) is 30.3 Å². The third kappa shape index (κ3) is 9.98. The summed E-state index contributed by atoms with van der Waals surface area (Å²) in [7, 11) is 0. The maximum absolute atomic E-state index is 8.63. The molecule has 1 aromatic carbocycles. The standard InChI is InChI=1S/C6H6O.2ClH.O.V/c7-6-4-2-1-3-5-6;;;;/h1-5,7H;2*1H;;. The normalized spacial score (nSPS) is 5.73. The summed E-state index contributed by atoms with van der Waals surface area (Å²) >= 11 is 1.06. The van der Waals surface area contributed by atoms with E-state index < -0.39 is 0 Å². The molecule has 0 spiro atoms. The van der Waals surface area contributed by atoms with Crippen molar-refractivity contribution in [1.29, 1.82) is 0 Å². The first-order valence-electron chi connectivity index (χ1n) is 2.32. The Morgan fingerprint density at radius 2 is 1.36 bits per heavy atom. The van der Waals surface area contributed by atoms with Gasteiger partial charge in [-0.3, -0.25) is 0 Å². The summed E-state index contributed by atoms with van der Waals surface area (Å²) in [6.07, 6.45) is 0. The van der Waals surface area contributed by atoms with E-state index in [1.165, 1.54) is 0 Å².